The minimum Gasteiger partial charge on any atom is -0.278 e. The molecule has 0 aliphatic heterocycles. The molecule has 0 aromatic heterocycles. The zero-order valence-electron chi connectivity index (χ0n) is 11.7. The molecule has 112 valence electrons. The molecule has 0 fully saturated rings. The van der Waals surface area contributed by atoms with E-state index in [1.807, 2.05) is 26.0 Å². The molecule has 0 saturated carbocycles. The number of aryl methyl sites for hydroxylation is 2. The van der Waals surface area contributed by atoms with Gasteiger partial charge in [0.15, 0.2) is 0 Å². The van der Waals surface area contributed by atoms with Gasteiger partial charge in [-0.05, 0) is 59.1 Å². The summed E-state index contributed by atoms with van der Waals surface area (Å²) in [6, 6.07) is 10.5. The highest BCUT2D eigenvalue weighted by Gasteiger charge is 2.17. The van der Waals surface area contributed by atoms with Crippen molar-refractivity contribution in [2.45, 2.75) is 25.2 Å². The molecule has 0 unspecified atom stereocenters. The third-order valence-electron chi connectivity index (χ3n) is 3.09. The summed E-state index contributed by atoms with van der Waals surface area (Å²) in [6.07, 6.45) is 0.726. The number of hydrogen-bond acceptors (Lipinski definition) is 2. The smallest absolute Gasteiger partial charge is 0.261 e. The lowest BCUT2D eigenvalue weighted by Gasteiger charge is -2.14. The van der Waals surface area contributed by atoms with Gasteiger partial charge in [-0.25, -0.2) is 8.42 Å². The van der Waals surface area contributed by atoms with Crippen LogP contribution in [0.15, 0.2) is 50.2 Å². The Morgan fingerprint density at radius 2 is 1.71 bits per heavy atom. The Balaban J connectivity index is 2.44. The van der Waals surface area contributed by atoms with Gasteiger partial charge in [0.25, 0.3) is 10.0 Å². The predicted octanol–water partition coefficient (Wildman–Crippen LogP) is 4.88. The normalized spacial score (nSPS) is 11.4. The van der Waals surface area contributed by atoms with Crippen molar-refractivity contribution in [3.63, 3.8) is 0 Å². The van der Waals surface area contributed by atoms with Gasteiger partial charge >= 0.3 is 0 Å². The minimum absolute atomic E-state index is 0.255. The average molecular weight is 433 g/mol. The van der Waals surface area contributed by atoms with Crippen LogP contribution in [0.2, 0.25) is 0 Å². The van der Waals surface area contributed by atoms with Crippen LogP contribution in [0, 0.1) is 6.92 Å². The van der Waals surface area contributed by atoms with Gasteiger partial charge in [-0.15, -0.1) is 0 Å². The van der Waals surface area contributed by atoms with Crippen molar-refractivity contribution in [3.05, 3.63) is 56.5 Å². The topological polar surface area (TPSA) is 46.2 Å². The fourth-order valence-electron chi connectivity index (χ4n) is 1.93. The molecule has 0 amide bonds. The summed E-state index contributed by atoms with van der Waals surface area (Å²) in [4.78, 5) is 0.255. The van der Waals surface area contributed by atoms with Gasteiger partial charge in [-0.2, -0.15) is 0 Å². The Hall–Kier alpha value is -0.850. The van der Waals surface area contributed by atoms with Crippen molar-refractivity contribution in [3.8, 4) is 0 Å². The van der Waals surface area contributed by atoms with Gasteiger partial charge in [-0.3, -0.25) is 4.72 Å². The van der Waals surface area contributed by atoms with Crippen molar-refractivity contribution in [2.75, 3.05) is 4.72 Å². The van der Waals surface area contributed by atoms with Crippen molar-refractivity contribution in [1.29, 1.82) is 0 Å². The molecule has 0 bridgehead atoms. The number of benzene rings is 2. The molecule has 0 radical (unpaired) electrons. The van der Waals surface area contributed by atoms with Crippen molar-refractivity contribution < 1.29 is 8.42 Å². The van der Waals surface area contributed by atoms with E-state index < -0.39 is 10.0 Å². The van der Waals surface area contributed by atoms with E-state index in [4.69, 9.17) is 0 Å². The second-order valence-corrected chi connectivity index (χ2v) is 8.15. The lowest BCUT2D eigenvalue weighted by Crippen LogP contribution is -2.14. The van der Waals surface area contributed by atoms with Crippen LogP contribution in [-0.2, 0) is 16.4 Å². The highest BCUT2D eigenvalue weighted by molar-refractivity contribution is 9.11. The first-order valence-corrected chi connectivity index (χ1v) is 9.48. The molecule has 0 aliphatic carbocycles. The van der Waals surface area contributed by atoms with E-state index >= 15 is 0 Å². The van der Waals surface area contributed by atoms with Crippen LogP contribution in [-0.4, -0.2) is 8.42 Å². The summed E-state index contributed by atoms with van der Waals surface area (Å²) in [5.41, 5.74) is 2.53. The molecule has 2 aromatic rings. The molecular weight excluding hydrogens is 418 g/mol. The molecule has 21 heavy (non-hydrogen) atoms. The van der Waals surface area contributed by atoms with Crippen LogP contribution >= 0.6 is 31.9 Å². The predicted molar refractivity (Wildman–Crippen MR) is 93.2 cm³/mol. The van der Waals surface area contributed by atoms with Gasteiger partial charge < -0.3 is 0 Å². The number of rotatable bonds is 4. The Bertz CT molecular complexity index is 756. The molecule has 0 spiro atoms. The highest BCUT2D eigenvalue weighted by atomic mass is 79.9. The first kappa shape index (κ1) is 16.5. The first-order chi connectivity index (χ1) is 9.83. The second kappa shape index (κ2) is 6.50. The zero-order chi connectivity index (χ0) is 15.6. The van der Waals surface area contributed by atoms with Gasteiger partial charge in [-0.1, -0.05) is 40.5 Å². The summed E-state index contributed by atoms with van der Waals surface area (Å²) in [5.74, 6) is 0. The van der Waals surface area contributed by atoms with Crippen LogP contribution in [0.3, 0.4) is 0 Å². The lowest BCUT2D eigenvalue weighted by molar-refractivity contribution is 0.601. The fourth-order valence-corrected chi connectivity index (χ4v) is 4.60. The van der Waals surface area contributed by atoms with Gasteiger partial charge in [0.2, 0.25) is 0 Å². The third-order valence-corrected chi connectivity index (χ3v) is 5.53. The van der Waals surface area contributed by atoms with E-state index in [-0.39, 0.29) is 4.90 Å². The number of halogens is 2. The molecule has 0 heterocycles. The Labute approximate surface area is 142 Å². The Kier molecular flexibility index (Phi) is 5.11. The van der Waals surface area contributed by atoms with Crippen LogP contribution in [0.5, 0.6) is 0 Å². The Morgan fingerprint density at radius 1 is 1.10 bits per heavy atom. The maximum atomic E-state index is 12.5. The van der Waals surface area contributed by atoms with Gasteiger partial charge in [0.1, 0.15) is 0 Å². The van der Waals surface area contributed by atoms with Gasteiger partial charge in [0.05, 0.1) is 10.6 Å². The number of sulfonamides is 1. The van der Waals surface area contributed by atoms with E-state index in [9.17, 15) is 8.42 Å². The highest BCUT2D eigenvalue weighted by Crippen LogP contribution is 2.32. The molecule has 1 N–H and O–H groups in total. The van der Waals surface area contributed by atoms with Gasteiger partial charge in [0, 0.05) is 8.95 Å². The first-order valence-electron chi connectivity index (χ1n) is 6.41. The third kappa shape index (κ3) is 3.87. The maximum absolute atomic E-state index is 12.5. The van der Waals surface area contributed by atoms with E-state index in [2.05, 4.69) is 36.6 Å². The fraction of sp³-hybridized carbons (Fsp3) is 0.200. The zero-order valence-corrected chi connectivity index (χ0v) is 15.6. The molecule has 0 atom stereocenters. The number of anilines is 1. The molecule has 2 rings (SSSR count). The van der Waals surface area contributed by atoms with E-state index in [1.165, 1.54) is 0 Å². The van der Waals surface area contributed by atoms with Crippen molar-refractivity contribution in [2.24, 2.45) is 0 Å². The molecule has 0 saturated heterocycles. The monoisotopic (exact) mass is 431 g/mol. The second-order valence-electron chi connectivity index (χ2n) is 4.69. The van der Waals surface area contributed by atoms with Crippen molar-refractivity contribution in [1.82, 2.24) is 0 Å². The summed E-state index contributed by atoms with van der Waals surface area (Å²) in [5, 5.41) is 0. The van der Waals surface area contributed by atoms with E-state index in [0.717, 1.165) is 22.0 Å². The van der Waals surface area contributed by atoms with Crippen LogP contribution in [0.25, 0.3) is 0 Å². The average Bonchev–Trinajstić information content (AvgIpc) is 2.42. The van der Waals surface area contributed by atoms with Crippen LogP contribution < -0.4 is 4.72 Å². The molecule has 3 nitrogen and oxygen atoms in total. The molecule has 6 heteroatoms. The van der Waals surface area contributed by atoms with E-state index in [1.54, 1.807) is 24.3 Å². The molecule has 2 aromatic carbocycles. The number of nitrogens with one attached hydrogen (secondary N) is 1. The standard InChI is InChI=1S/C15H15Br2NO2S/c1-3-11-8-12(16)9-14(17)15(11)18-21(19,20)13-6-4-10(2)5-7-13/h4-9,18H,3H2,1-2H3. The largest absolute Gasteiger partial charge is 0.278 e. The molecule has 0 aliphatic rings. The number of hydrogen-bond donors (Lipinski definition) is 1. The van der Waals surface area contributed by atoms with E-state index in [0.29, 0.717) is 10.2 Å². The summed E-state index contributed by atoms with van der Waals surface area (Å²) >= 11 is 6.83. The maximum Gasteiger partial charge on any atom is 0.261 e. The summed E-state index contributed by atoms with van der Waals surface area (Å²) < 4.78 is 29.2. The molecular formula is C15H15Br2NO2S. The Morgan fingerprint density at radius 3 is 2.29 bits per heavy atom. The summed E-state index contributed by atoms with van der Waals surface area (Å²) in [6.45, 7) is 3.90. The minimum atomic E-state index is -3.59. The SMILES string of the molecule is CCc1cc(Br)cc(Br)c1NS(=O)(=O)c1ccc(C)cc1. The van der Waals surface area contributed by atoms with Crippen LogP contribution in [0.4, 0.5) is 5.69 Å². The van der Waals surface area contributed by atoms with Crippen molar-refractivity contribution >= 4 is 47.6 Å². The lowest BCUT2D eigenvalue weighted by atomic mass is 10.1. The van der Waals surface area contributed by atoms with Crippen LogP contribution in [0.1, 0.15) is 18.1 Å². The summed E-state index contributed by atoms with van der Waals surface area (Å²) in [7, 11) is -3.59. The quantitative estimate of drug-likeness (QED) is 0.747.